The molecule has 542 valence electrons. The van der Waals surface area contributed by atoms with Crippen molar-refractivity contribution < 1.29 is 4.18 Å². The van der Waals surface area contributed by atoms with Crippen LogP contribution in [0.4, 0.5) is 0 Å². The van der Waals surface area contributed by atoms with Crippen LogP contribution in [0.3, 0.4) is 0 Å². The second-order valence-corrected chi connectivity index (χ2v) is 162. The van der Waals surface area contributed by atoms with Gasteiger partial charge in [-0.1, -0.05) is 11.7 Å². The van der Waals surface area contributed by atoms with Gasteiger partial charge in [-0.25, -0.2) is 0 Å². The van der Waals surface area contributed by atoms with E-state index in [-0.39, 0.29) is 0 Å². The van der Waals surface area contributed by atoms with Crippen molar-refractivity contribution in [2.75, 3.05) is 7.11 Å². The Morgan fingerprint density at radius 2 is 0.233 bits per heavy atom. The lowest BCUT2D eigenvalue weighted by atomic mass is 11.8. The fourth-order valence-electron chi connectivity index (χ4n) is 0.993. The predicted octanol–water partition coefficient (Wildman–Crippen LogP) is 54.9. The van der Waals surface area contributed by atoms with Crippen LogP contribution in [0.2, 0.25) is 0 Å². The van der Waals surface area contributed by atoms with E-state index >= 15 is 0 Å². The second kappa shape index (κ2) is 114. The Morgan fingerprint density at radius 1 is 0.156 bits per heavy atom. The molecule has 0 amide bonds. The standard InChI is InChI=1S/CH4OS88/c1-2-90(4,5)89-88-87-86-85-84-83-82-81-80-79-78-77-76-75-74-73-72-71-70-69-68-67-66-65-64-63-62-61-60-59-58-57-56-55-54-53-52-51-50-49-48-47-46-45-44-43-42-41-40-39-38-37-36-35-34-33-32-31-30-29-28-27-26-25-24-23-22-21-20-19-18-17-16-15-14-13-12-11-10-9-8-7-6-3/h3H,1H3. The number of hydrogen-bond acceptors (Lipinski definition) is 88. The van der Waals surface area contributed by atoms with Gasteiger partial charge in [0.15, 0.2) is 0 Å². The molecule has 0 unspecified atom stereocenters. The molecule has 0 aliphatic heterocycles. The first-order valence-corrected chi connectivity index (χ1v) is 132. The third-order valence-corrected chi connectivity index (χ3v) is 194. The van der Waals surface area contributed by atoms with Gasteiger partial charge >= 0.3 is 0 Å². The van der Waals surface area contributed by atoms with Crippen LogP contribution in [0, 0.1) is 0 Å². The first-order chi connectivity index (χ1) is 44.6. The average Bonchev–Trinajstić information content (AvgIpc) is 3.62. The van der Waals surface area contributed by atoms with Crippen molar-refractivity contribution in [3.63, 3.8) is 0 Å². The van der Waals surface area contributed by atoms with Gasteiger partial charge in [-0.05, 0) is 101 Å². The Kier molecular flexibility index (Phi) is 152. The summed E-state index contributed by atoms with van der Waals surface area (Å²) in [5.41, 5.74) is 0. The van der Waals surface area contributed by atoms with E-state index in [1.165, 1.54) is 19.7 Å². The second-order valence-electron chi connectivity index (χ2n) is 6.30. The Balaban J connectivity index is 3.10. The van der Waals surface area contributed by atoms with Gasteiger partial charge in [-0.15, -0.1) is 0 Å². The van der Waals surface area contributed by atoms with Gasteiger partial charge < -0.3 is 4.18 Å². The molecule has 0 radical (unpaired) electrons. The summed E-state index contributed by atoms with van der Waals surface area (Å²) in [6.07, 6.45) is 0. The molecule has 0 fully saturated rings. The van der Waals surface area contributed by atoms with Crippen LogP contribution in [-0.2, 0) is 33.0 Å². The topological polar surface area (TPSA) is 9.23 Å². The first kappa shape index (κ1) is 121. The van der Waals surface area contributed by atoms with Gasteiger partial charge in [0.2, 0.25) is 0 Å². The summed E-state index contributed by atoms with van der Waals surface area (Å²) >= 11 is 14.5. The summed E-state index contributed by atoms with van der Waals surface area (Å²) < 4.78 is 5.12. The van der Waals surface area contributed by atoms with Gasteiger partial charge in [0.25, 0.3) is 0 Å². The zero-order valence-corrected chi connectivity index (χ0v) is 109. The van der Waals surface area contributed by atoms with E-state index in [1.807, 2.05) is 668 Å². The van der Waals surface area contributed by atoms with E-state index in [0.29, 0.717) is 0 Å². The first-order valence-electron chi connectivity index (χ1n) is 15.1. The van der Waals surface area contributed by atoms with Crippen molar-refractivity contribution in [3.8, 4) is 0 Å². The lowest BCUT2D eigenvalue weighted by Crippen LogP contribution is -1.87. The summed E-state index contributed by atoms with van der Waals surface area (Å²) in [7, 11) is 153. The fourth-order valence-corrected chi connectivity index (χ4v) is 233. The minimum Gasteiger partial charge on any atom is -0.305 e. The molecule has 0 rings (SSSR count). The molecular weight excluding hydrogens is 2850 g/mol. The smallest absolute Gasteiger partial charge is 0.0817 e. The maximum atomic E-state index is 5.18. The summed E-state index contributed by atoms with van der Waals surface area (Å²) in [5.74, 6) is 0. The predicted molar refractivity (Wildman–Crippen MR) is 676 cm³/mol. The lowest BCUT2D eigenvalue weighted by Gasteiger charge is -2.03. The molecule has 89 heteroatoms. The third-order valence-electron chi connectivity index (χ3n) is 2.60. The Labute approximate surface area is 852 Å². The minimum atomic E-state index is -1.81. The van der Waals surface area contributed by atoms with Crippen LogP contribution < -0.4 is 0 Å². The van der Waals surface area contributed by atoms with Gasteiger partial charge in [0.05, 0.1) is 13.6 Å². The quantitative estimate of drug-likeness (QED) is 0.0352. The molecule has 0 aromatic rings. The van der Waals surface area contributed by atoms with Crippen molar-refractivity contribution in [3.05, 3.63) is 0 Å². The van der Waals surface area contributed by atoms with Crippen LogP contribution in [0.1, 0.15) is 0 Å². The maximum absolute atomic E-state index is 5.18. The highest BCUT2D eigenvalue weighted by Crippen LogP contribution is 2.73. The molecule has 0 heterocycles. The van der Waals surface area contributed by atoms with Crippen LogP contribution >= 0.6 is 837 Å². The molecule has 0 aliphatic rings. The van der Waals surface area contributed by atoms with Crippen LogP contribution in [0.5, 0.6) is 0 Å². The monoisotopic (exact) mass is 2850 g/mol. The van der Waals surface area contributed by atoms with E-state index in [4.69, 9.17) is 26.6 Å². The Bertz CT molecular complexity index is 1320. The number of hydrogen-bond donors (Lipinski definition) is 1. The summed E-state index contributed by atoms with van der Waals surface area (Å²) in [6.45, 7) is -1.81. The Morgan fingerprint density at radius 3 is 0.311 bits per heavy atom. The van der Waals surface area contributed by atoms with Crippen molar-refractivity contribution in [1.29, 1.82) is 0 Å². The molecule has 0 spiro atoms. The summed E-state index contributed by atoms with van der Waals surface area (Å²) in [4.78, 5) is 0. The SMILES string of the molecule is COS(=S)(=S)SSSSSSSSSSSSSSSSSSSSSSSSSSSSSSSSSSSSSSSSSSSSSSSSSSSSSSSSSSSSSSSSSSSSSSSSSSSSSSSSSSSSS. The van der Waals surface area contributed by atoms with E-state index in [2.05, 4.69) is 11.7 Å². The van der Waals surface area contributed by atoms with Crippen molar-refractivity contribution in [2.45, 2.75) is 0 Å². The van der Waals surface area contributed by atoms with E-state index < -0.39 is 6.46 Å². The largest absolute Gasteiger partial charge is 0.305 e. The third kappa shape index (κ3) is 115. The molecule has 0 aromatic carbocycles. The van der Waals surface area contributed by atoms with E-state index in [0.717, 1.165) is 0 Å². The summed E-state index contributed by atoms with van der Waals surface area (Å²) in [5, 5.41) is 0. The molecule has 0 bridgehead atoms. The highest BCUT2D eigenvalue weighted by atomic mass is 34.1. The van der Waals surface area contributed by atoms with Crippen molar-refractivity contribution in [1.82, 2.24) is 0 Å². The number of thiol groups is 1. The molecule has 0 saturated carbocycles. The highest BCUT2D eigenvalue weighted by molar-refractivity contribution is 9.67. The van der Waals surface area contributed by atoms with Crippen LogP contribution in [-0.4, -0.2) is 7.11 Å². The molecule has 1 nitrogen and oxygen atoms in total. The minimum absolute atomic E-state index is 1.46. The van der Waals surface area contributed by atoms with Crippen molar-refractivity contribution >= 4 is 866 Å². The molecule has 0 aliphatic carbocycles. The molecule has 0 saturated heterocycles. The zero-order chi connectivity index (χ0) is 64.6. The highest BCUT2D eigenvalue weighted by Gasteiger charge is 2.09. The van der Waals surface area contributed by atoms with Crippen molar-refractivity contribution in [2.24, 2.45) is 0 Å². The van der Waals surface area contributed by atoms with Gasteiger partial charge in [0, 0.05) is 747 Å². The summed E-state index contributed by atoms with van der Waals surface area (Å²) in [6, 6.07) is 0. The van der Waals surface area contributed by atoms with E-state index in [1.54, 1.807) is 145 Å². The molecular formula is CH4OS88. The molecule has 90 heavy (non-hydrogen) atoms. The van der Waals surface area contributed by atoms with Crippen LogP contribution in [0.25, 0.3) is 0 Å². The maximum Gasteiger partial charge on any atom is 0.0817 e. The van der Waals surface area contributed by atoms with E-state index in [9.17, 15) is 0 Å². The van der Waals surface area contributed by atoms with Gasteiger partial charge in [0.1, 0.15) is 0 Å². The number of rotatable bonds is 85. The average molecular weight is 2850 g/mol. The van der Waals surface area contributed by atoms with Gasteiger partial charge in [-0.3, -0.25) is 0 Å². The molecule has 0 aromatic heterocycles. The normalized spacial score (nSPS) is 12.0. The van der Waals surface area contributed by atoms with Gasteiger partial charge in [-0.2, -0.15) is 0 Å². The van der Waals surface area contributed by atoms with Crippen LogP contribution in [0.15, 0.2) is 0 Å². The fraction of sp³-hybridized carbons (Fsp3) is 1.00. The molecule has 0 atom stereocenters. The lowest BCUT2D eigenvalue weighted by molar-refractivity contribution is 0.491. The molecule has 0 N–H and O–H groups in total. The Hall–Kier alpha value is 30.5. The zero-order valence-electron chi connectivity index (χ0n) is 37.4.